The first-order valence-corrected chi connectivity index (χ1v) is 12.1. The lowest BCUT2D eigenvalue weighted by atomic mass is 10.1. The summed E-state index contributed by atoms with van der Waals surface area (Å²) in [6.07, 6.45) is 0.561. The third-order valence-corrected chi connectivity index (χ3v) is 6.81. The van der Waals surface area contributed by atoms with Crippen LogP contribution in [-0.2, 0) is 21.2 Å². The highest BCUT2D eigenvalue weighted by Crippen LogP contribution is 2.25. The number of hydrogen-bond acceptors (Lipinski definition) is 4. The van der Waals surface area contributed by atoms with Crippen LogP contribution in [0.1, 0.15) is 12.5 Å². The van der Waals surface area contributed by atoms with Gasteiger partial charge in [0.2, 0.25) is 5.91 Å². The van der Waals surface area contributed by atoms with E-state index < -0.39 is 28.3 Å². The number of benzene rings is 3. The minimum absolute atomic E-state index is 0.00996. The maximum Gasteiger partial charge on any atom is 0.264 e. The number of sulfonamides is 1. The fourth-order valence-electron chi connectivity index (χ4n) is 3.11. The lowest BCUT2D eigenvalue weighted by Gasteiger charge is -2.24. The number of nitrogens with zero attached hydrogens (tertiary/aromatic N) is 1. The number of carbonyl (C=O) groups is 1. The van der Waals surface area contributed by atoms with Crippen LogP contribution in [0.3, 0.4) is 0 Å². The van der Waals surface area contributed by atoms with E-state index in [1.807, 2.05) is 19.1 Å². The Hall–Kier alpha value is -3.10. The third kappa shape index (κ3) is 6.69. The van der Waals surface area contributed by atoms with Crippen LogP contribution < -0.4 is 14.4 Å². The number of halogens is 2. The van der Waals surface area contributed by atoms with Crippen molar-refractivity contribution >= 4 is 33.2 Å². The van der Waals surface area contributed by atoms with Gasteiger partial charge in [0, 0.05) is 11.6 Å². The van der Waals surface area contributed by atoms with Crippen molar-refractivity contribution in [2.75, 3.05) is 24.0 Å². The van der Waals surface area contributed by atoms with Crippen molar-refractivity contribution in [2.24, 2.45) is 0 Å². The maximum absolute atomic E-state index is 13.4. The van der Waals surface area contributed by atoms with Crippen molar-refractivity contribution in [1.82, 2.24) is 5.32 Å². The summed E-state index contributed by atoms with van der Waals surface area (Å²) in [7, 11) is -4.10. The Morgan fingerprint density at radius 2 is 1.64 bits per heavy atom. The lowest BCUT2D eigenvalue weighted by Crippen LogP contribution is -2.41. The summed E-state index contributed by atoms with van der Waals surface area (Å²) >= 11 is 5.88. The van der Waals surface area contributed by atoms with E-state index >= 15 is 0 Å². The number of amides is 1. The Kier molecular flexibility index (Phi) is 8.30. The standard InChI is InChI=1S/C24H24ClFN2O4S/c1-2-32-22-11-13-23(14-12-22)33(30,31)28(21-9-7-20(26)8-10-21)17-24(29)27-16-15-18-3-5-19(25)6-4-18/h3-14H,2,15-17H2,1H3,(H,27,29). The van der Waals surface area contributed by atoms with E-state index in [0.29, 0.717) is 30.3 Å². The molecule has 1 N–H and O–H groups in total. The Balaban J connectivity index is 1.76. The van der Waals surface area contributed by atoms with E-state index in [4.69, 9.17) is 16.3 Å². The smallest absolute Gasteiger partial charge is 0.264 e. The molecule has 0 aliphatic rings. The molecule has 0 radical (unpaired) electrons. The quantitative estimate of drug-likeness (QED) is 0.456. The zero-order valence-electron chi connectivity index (χ0n) is 18.0. The molecule has 3 aromatic rings. The van der Waals surface area contributed by atoms with Crippen molar-refractivity contribution in [1.29, 1.82) is 0 Å². The first-order chi connectivity index (χ1) is 15.8. The van der Waals surface area contributed by atoms with Crippen LogP contribution in [0.5, 0.6) is 5.75 Å². The Bertz CT molecular complexity index is 1170. The molecule has 0 heterocycles. The van der Waals surface area contributed by atoms with Gasteiger partial charge in [-0.15, -0.1) is 0 Å². The van der Waals surface area contributed by atoms with E-state index in [9.17, 15) is 17.6 Å². The molecule has 33 heavy (non-hydrogen) atoms. The van der Waals surface area contributed by atoms with Gasteiger partial charge in [-0.25, -0.2) is 12.8 Å². The molecule has 6 nitrogen and oxygen atoms in total. The zero-order valence-corrected chi connectivity index (χ0v) is 19.6. The molecule has 3 rings (SSSR count). The highest BCUT2D eigenvalue weighted by molar-refractivity contribution is 7.92. The van der Waals surface area contributed by atoms with Crippen molar-refractivity contribution in [2.45, 2.75) is 18.2 Å². The van der Waals surface area contributed by atoms with E-state index in [2.05, 4.69) is 5.32 Å². The second-order valence-corrected chi connectivity index (χ2v) is 9.42. The van der Waals surface area contributed by atoms with Gasteiger partial charge in [0.05, 0.1) is 17.2 Å². The van der Waals surface area contributed by atoms with Crippen molar-refractivity contribution < 1.29 is 22.3 Å². The number of nitrogens with one attached hydrogen (secondary N) is 1. The summed E-state index contributed by atoms with van der Waals surface area (Å²) in [5, 5.41) is 3.36. The number of anilines is 1. The number of hydrogen-bond donors (Lipinski definition) is 1. The van der Waals surface area contributed by atoms with Crippen LogP contribution in [0.25, 0.3) is 0 Å². The summed E-state index contributed by atoms with van der Waals surface area (Å²) < 4.78 is 46.4. The first-order valence-electron chi connectivity index (χ1n) is 10.3. The minimum Gasteiger partial charge on any atom is -0.494 e. The molecule has 3 aromatic carbocycles. The summed E-state index contributed by atoms with van der Waals surface area (Å²) in [5.41, 5.74) is 1.16. The molecule has 1 amide bonds. The van der Waals surface area contributed by atoms with E-state index in [1.54, 1.807) is 24.3 Å². The molecule has 0 saturated carbocycles. The SMILES string of the molecule is CCOc1ccc(S(=O)(=O)N(CC(=O)NCCc2ccc(Cl)cc2)c2ccc(F)cc2)cc1. The zero-order chi connectivity index (χ0) is 23.8. The minimum atomic E-state index is -4.10. The normalized spacial score (nSPS) is 11.1. The average molecular weight is 491 g/mol. The molecule has 9 heteroatoms. The van der Waals surface area contributed by atoms with Gasteiger partial charge in [-0.2, -0.15) is 0 Å². The van der Waals surface area contributed by atoms with Crippen molar-refractivity contribution in [3.63, 3.8) is 0 Å². The number of carbonyl (C=O) groups excluding carboxylic acids is 1. The molecule has 0 atom stereocenters. The second-order valence-electron chi connectivity index (χ2n) is 7.12. The van der Waals surface area contributed by atoms with E-state index in [1.165, 1.54) is 24.3 Å². The van der Waals surface area contributed by atoms with Crippen molar-refractivity contribution in [3.8, 4) is 5.75 Å². The molecule has 0 saturated heterocycles. The van der Waals surface area contributed by atoms with Crippen LogP contribution in [0.15, 0.2) is 77.7 Å². The van der Waals surface area contributed by atoms with Gasteiger partial charge in [0.15, 0.2) is 0 Å². The molecule has 0 aliphatic carbocycles. The predicted octanol–water partition coefficient (Wildman–Crippen LogP) is 4.43. The molecule has 0 spiro atoms. The third-order valence-electron chi connectivity index (χ3n) is 4.77. The van der Waals surface area contributed by atoms with Gasteiger partial charge >= 0.3 is 0 Å². The monoisotopic (exact) mass is 490 g/mol. The van der Waals surface area contributed by atoms with Crippen LogP contribution in [0.4, 0.5) is 10.1 Å². The first kappa shape index (κ1) is 24.5. The Morgan fingerprint density at radius 1 is 1.00 bits per heavy atom. The molecular formula is C24H24ClFN2O4S. The largest absolute Gasteiger partial charge is 0.494 e. The molecule has 0 aromatic heterocycles. The lowest BCUT2D eigenvalue weighted by molar-refractivity contribution is -0.119. The highest BCUT2D eigenvalue weighted by atomic mass is 35.5. The molecule has 0 fully saturated rings. The van der Waals surface area contributed by atoms with Crippen molar-refractivity contribution in [3.05, 3.63) is 89.2 Å². The fraction of sp³-hybridized carbons (Fsp3) is 0.208. The Labute approximate surface area is 198 Å². The summed E-state index contributed by atoms with van der Waals surface area (Å²) in [6, 6.07) is 18.1. The number of ether oxygens (including phenoxy) is 1. The van der Waals surface area contributed by atoms with Gasteiger partial charge < -0.3 is 10.1 Å². The van der Waals surface area contributed by atoms with Gasteiger partial charge in [-0.1, -0.05) is 23.7 Å². The molecule has 174 valence electrons. The Morgan fingerprint density at radius 3 is 2.24 bits per heavy atom. The molecule has 0 bridgehead atoms. The average Bonchev–Trinajstić information content (AvgIpc) is 2.80. The highest BCUT2D eigenvalue weighted by Gasteiger charge is 2.27. The topological polar surface area (TPSA) is 75.7 Å². The van der Waals surface area contributed by atoms with E-state index in [0.717, 1.165) is 22.0 Å². The van der Waals surface area contributed by atoms with Crippen LogP contribution in [0.2, 0.25) is 5.02 Å². The summed E-state index contributed by atoms with van der Waals surface area (Å²) in [4.78, 5) is 12.6. The second kappa shape index (κ2) is 11.2. The molecule has 0 unspecified atom stereocenters. The predicted molar refractivity (Wildman–Crippen MR) is 127 cm³/mol. The summed E-state index contributed by atoms with van der Waals surface area (Å²) in [6.45, 7) is 2.14. The van der Waals surface area contributed by atoms with Crippen LogP contribution in [-0.4, -0.2) is 34.0 Å². The van der Waals surface area contributed by atoms with Crippen LogP contribution in [0, 0.1) is 5.82 Å². The fourth-order valence-corrected chi connectivity index (χ4v) is 4.65. The number of rotatable bonds is 10. The molecular weight excluding hydrogens is 467 g/mol. The van der Waals surface area contributed by atoms with Crippen LogP contribution >= 0.6 is 11.6 Å². The maximum atomic E-state index is 13.4. The van der Waals surface area contributed by atoms with Gasteiger partial charge in [0.1, 0.15) is 18.1 Å². The molecule has 0 aliphatic heterocycles. The van der Waals surface area contributed by atoms with Gasteiger partial charge in [-0.3, -0.25) is 9.10 Å². The van der Waals surface area contributed by atoms with Gasteiger partial charge in [-0.05, 0) is 79.6 Å². The van der Waals surface area contributed by atoms with Gasteiger partial charge in [0.25, 0.3) is 10.0 Å². The van der Waals surface area contributed by atoms with E-state index in [-0.39, 0.29) is 10.6 Å². The summed E-state index contributed by atoms with van der Waals surface area (Å²) in [5.74, 6) is -0.461.